The van der Waals surface area contributed by atoms with Crippen LogP contribution in [-0.2, 0) is 16.6 Å². The molecular formula is C22H20ClFN2O4S. The third-order valence-electron chi connectivity index (χ3n) is 4.63. The number of benzene rings is 3. The summed E-state index contributed by atoms with van der Waals surface area (Å²) in [5.74, 6) is -0.975. The predicted octanol–water partition coefficient (Wildman–Crippen LogP) is 4.53. The van der Waals surface area contributed by atoms with Crippen LogP contribution in [0.4, 0.5) is 10.1 Å². The number of anilines is 1. The molecule has 3 aromatic rings. The van der Waals surface area contributed by atoms with Gasteiger partial charge in [0.15, 0.2) is 0 Å². The molecule has 162 valence electrons. The molecule has 31 heavy (non-hydrogen) atoms. The molecule has 0 spiro atoms. The highest BCUT2D eigenvalue weighted by Crippen LogP contribution is 2.24. The maximum absolute atomic E-state index is 14.3. The van der Waals surface area contributed by atoms with Crippen molar-refractivity contribution in [2.45, 2.75) is 18.4 Å². The summed E-state index contributed by atoms with van der Waals surface area (Å²) in [6.45, 7) is 1.73. The standard InChI is InChI=1S/C22H20ClFN2O4S/c1-14-19(23)4-3-5-21(14)26-22(27)18-12-17(10-11-20(18)24)31(28,29)25-13-15-6-8-16(30-2)9-7-15/h3-12,25H,13H2,1-2H3,(H,26,27). The molecule has 3 aromatic carbocycles. The molecule has 0 saturated carbocycles. The van der Waals surface area contributed by atoms with Crippen molar-refractivity contribution < 1.29 is 22.3 Å². The van der Waals surface area contributed by atoms with E-state index < -0.39 is 27.3 Å². The second-order valence-electron chi connectivity index (χ2n) is 6.68. The van der Waals surface area contributed by atoms with Crippen molar-refractivity contribution in [1.82, 2.24) is 4.72 Å². The van der Waals surface area contributed by atoms with E-state index in [2.05, 4.69) is 10.0 Å². The van der Waals surface area contributed by atoms with Crippen LogP contribution in [-0.4, -0.2) is 21.4 Å². The van der Waals surface area contributed by atoms with E-state index in [1.165, 1.54) is 7.11 Å². The average molecular weight is 463 g/mol. The lowest BCUT2D eigenvalue weighted by Crippen LogP contribution is -2.24. The van der Waals surface area contributed by atoms with Crippen LogP contribution in [0.25, 0.3) is 0 Å². The number of halogens is 2. The Morgan fingerprint density at radius 1 is 1.10 bits per heavy atom. The first-order valence-electron chi connectivity index (χ1n) is 9.20. The van der Waals surface area contributed by atoms with E-state index in [1.807, 2.05) is 0 Å². The minimum atomic E-state index is -3.98. The third kappa shape index (κ3) is 5.41. The maximum Gasteiger partial charge on any atom is 0.258 e. The highest BCUT2D eigenvalue weighted by Gasteiger charge is 2.20. The third-order valence-corrected chi connectivity index (χ3v) is 6.44. The van der Waals surface area contributed by atoms with Crippen molar-refractivity contribution >= 4 is 33.2 Å². The van der Waals surface area contributed by atoms with Gasteiger partial charge in [0.1, 0.15) is 11.6 Å². The second kappa shape index (κ2) is 9.47. The summed E-state index contributed by atoms with van der Waals surface area (Å²) in [6.07, 6.45) is 0. The molecule has 1 amide bonds. The predicted molar refractivity (Wildman–Crippen MR) is 118 cm³/mol. The number of hydrogen-bond acceptors (Lipinski definition) is 4. The minimum absolute atomic E-state index is 0.0208. The summed E-state index contributed by atoms with van der Waals surface area (Å²) in [6, 6.07) is 14.8. The van der Waals surface area contributed by atoms with Crippen molar-refractivity contribution in [3.63, 3.8) is 0 Å². The Balaban J connectivity index is 1.79. The Kier molecular flexibility index (Phi) is 6.94. The summed E-state index contributed by atoms with van der Waals surface area (Å²) >= 11 is 6.04. The number of nitrogens with one attached hydrogen (secondary N) is 2. The van der Waals surface area contributed by atoms with Crippen LogP contribution in [0.2, 0.25) is 5.02 Å². The minimum Gasteiger partial charge on any atom is -0.497 e. The van der Waals surface area contributed by atoms with E-state index in [9.17, 15) is 17.6 Å². The normalized spacial score (nSPS) is 11.2. The first-order chi connectivity index (χ1) is 14.7. The zero-order valence-corrected chi connectivity index (χ0v) is 18.4. The van der Waals surface area contributed by atoms with Gasteiger partial charge in [-0.15, -0.1) is 0 Å². The lowest BCUT2D eigenvalue weighted by molar-refractivity contribution is 0.102. The van der Waals surface area contributed by atoms with E-state index in [0.29, 0.717) is 27.6 Å². The number of carbonyl (C=O) groups is 1. The topological polar surface area (TPSA) is 84.5 Å². The van der Waals surface area contributed by atoms with E-state index in [-0.39, 0.29) is 11.4 Å². The van der Waals surface area contributed by atoms with Gasteiger partial charge in [-0.3, -0.25) is 4.79 Å². The lowest BCUT2D eigenvalue weighted by Gasteiger charge is -2.12. The monoisotopic (exact) mass is 462 g/mol. The molecule has 0 atom stereocenters. The number of carbonyl (C=O) groups excluding carboxylic acids is 1. The molecule has 0 aliphatic rings. The van der Waals surface area contributed by atoms with E-state index >= 15 is 0 Å². The molecule has 0 aliphatic heterocycles. The highest BCUT2D eigenvalue weighted by atomic mass is 35.5. The zero-order chi connectivity index (χ0) is 22.6. The highest BCUT2D eigenvalue weighted by molar-refractivity contribution is 7.89. The van der Waals surface area contributed by atoms with Crippen LogP contribution in [0.15, 0.2) is 65.6 Å². The van der Waals surface area contributed by atoms with Crippen LogP contribution in [0, 0.1) is 12.7 Å². The Hall–Kier alpha value is -2.94. The van der Waals surface area contributed by atoms with Gasteiger partial charge in [-0.05, 0) is 60.5 Å². The van der Waals surface area contributed by atoms with Crippen LogP contribution in [0.1, 0.15) is 21.5 Å². The van der Waals surface area contributed by atoms with Crippen molar-refractivity contribution in [2.24, 2.45) is 0 Å². The summed E-state index contributed by atoms with van der Waals surface area (Å²) in [4.78, 5) is 12.4. The van der Waals surface area contributed by atoms with Crippen LogP contribution in [0.5, 0.6) is 5.75 Å². The number of hydrogen-bond donors (Lipinski definition) is 2. The van der Waals surface area contributed by atoms with Gasteiger partial charge in [0, 0.05) is 17.3 Å². The van der Waals surface area contributed by atoms with Crippen molar-refractivity contribution in [1.29, 1.82) is 0 Å². The molecule has 6 nitrogen and oxygen atoms in total. The molecule has 0 heterocycles. The smallest absolute Gasteiger partial charge is 0.258 e. The Morgan fingerprint density at radius 2 is 1.81 bits per heavy atom. The Morgan fingerprint density at radius 3 is 2.48 bits per heavy atom. The number of rotatable bonds is 7. The van der Waals surface area contributed by atoms with Gasteiger partial charge < -0.3 is 10.1 Å². The van der Waals surface area contributed by atoms with Crippen molar-refractivity contribution in [2.75, 3.05) is 12.4 Å². The number of ether oxygens (including phenoxy) is 1. The molecule has 3 rings (SSSR count). The largest absolute Gasteiger partial charge is 0.497 e. The molecule has 0 fully saturated rings. The fraction of sp³-hybridized carbons (Fsp3) is 0.136. The maximum atomic E-state index is 14.3. The summed E-state index contributed by atoms with van der Waals surface area (Å²) in [5, 5.41) is 3.01. The molecule has 0 aromatic heterocycles. The average Bonchev–Trinajstić information content (AvgIpc) is 2.76. The summed E-state index contributed by atoms with van der Waals surface area (Å²) in [7, 11) is -2.45. The van der Waals surface area contributed by atoms with Crippen molar-refractivity contribution in [3.05, 3.63) is 88.2 Å². The molecular weight excluding hydrogens is 443 g/mol. The fourth-order valence-corrected chi connectivity index (χ4v) is 4.00. The van der Waals surface area contributed by atoms with Gasteiger partial charge in [0.05, 0.1) is 17.6 Å². The number of methoxy groups -OCH3 is 1. The number of sulfonamides is 1. The fourth-order valence-electron chi connectivity index (χ4n) is 2.78. The molecule has 0 unspecified atom stereocenters. The van der Waals surface area contributed by atoms with Crippen LogP contribution >= 0.6 is 11.6 Å². The molecule has 0 aliphatic carbocycles. The second-order valence-corrected chi connectivity index (χ2v) is 8.85. The van der Waals surface area contributed by atoms with E-state index in [4.69, 9.17) is 16.3 Å². The molecule has 0 radical (unpaired) electrons. The van der Waals surface area contributed by atoms with Gasteiger partial charge in [0.25, 0.3) is 5.91 Å². The first-order valence-corrected chi connectivity index (χ1v) is 11.1. The van der Waals surface area contributed by atoms with Crippen LogP contribution in [0.3, 0.4) is 0 Å². The van der Waals surface area contributed by atoms with Gasteiger partial charge >= 0.3 is 0 Å². The lowest BCUT2D eigenvalue weighted by atomic mass is 10.1. The van der Waals surface area contributed by atoms with Gasteiger partial charge in [-0.2, -0.15) is 0 Å². The van der Waals surface area contributed by atoms with Crippen LogP contribution < -0.4 is 14.8 Å². The van der Waals surface area contributed by atoms with Crippen molar-refractivity contribution in [3.8, 4) is 5.75 Å². The van der Waals surface area contributed by atoms with E-state index in [1.54, 1.807) is 49.4 Å². The quantitative estimate of drug-likeness (QED) is 0.540. The SMILES string of the molecule is COc1ccc(CNS(=O)(=O)c2ccc(F)c(C(=O)Nc3cccc(Cl)c3C)c2)cc1. The first kappa shape index (κ1) is 22.7. The Labute approximate surface area is 185 Å². The van der Waals surface area contributed by atoms with Gasteiger partial charge in [-0.25, -0.2) is 17.5 Å². The molecule has 0 bridgehead atoms. The molecule has 0 saturated heterocycles. The summed E-state index contributed by atoms with van der Waals surface area (Å²) < 4.78 is 47.1. The molecule has 2 N–H and O–H groups in total. The summed E-state index contributed by atoms with van der Waals surface area (Å²) in [5.41, 5.74) is 1.33. The Bertz CT molecular complexity index is 1210. The molecule has 9 heteroatoms. The number of amides is 1. The van der Waals surface area contributed by atoms with Gasteiger partial charge in [0.2, 0.25) is 10.0 Å². The zero-order valence-electron chi connectivity index (χ0n) is 16.8. The van der Waals surface area contributed by atoms with E-state index in [0.717, 1.165) is 18.2 Å². The van der Waals surface area contributed by atoms with Gasteiger partial charge in [-0.1, -0.05) is 29.8 Å².